The topological polar surface area (TPSA) is 69.7 Å². The molecule has 0 radical (unpaired) electrons. The van der Waals surface area contributed by atoms with E-state index >= 15 is 0 Å². The third-order valence-electron chi connectivity index (χ3n) is 5.80. The molecule has 2 saturated heterocycles. The molecule has 23 heavy (non-hydrogen) atoms. The minimum Gasteiger partial charge on any atom is -0.341 e. The first-order valence-corrected chi connectivity index (χ1v) is 8.86. The molecule has 3 fully saturated rings. The van der Waals surface area contributed by atoms with E-state index in [1.807, 2.05) is 6.92 Å². The van der Waals surface area contributed by atoms with Crippen molar-refractivity contribution in [1.82, 2.24) is 15.1 Å². The number of rotatable bonds is 2. The van der Waals surface area contributed by atoms with Crippen molar-refractivity contribution in [3.8, 4) is 0 Å². The summed E-state index contributed by atoms with van der Waals surface area (Å²) in [6.45, 7) is 5.49. The van der Waals surface area contributed by atoms with Gasteiger partial charge in [0, 0.05) is 13.1 Å². The molecule has 1 aliphatic carbocycles. The van der Waals surface area contributed by atoms with Crippen LogP contribution < -0.4 is 5.32 Å². The van der Waals surface area contributed by atoms with Crippen molar-refractivity contribution >= 4 is 17.8 Å². The molecule has 4 amide bonds. The molecule has 1 saturated carbocycles. The van der Waals surface area contributed by atoms with Gasteiger partial charge in [0.2, 0.25) is 5.91 Å². The van der Waals surface area contributed by atoms with Crippen LogP contribution in [0.1, 0.15) is 52.4 Å². The first kappa shape index (κ1) is 16.3. The Morgan fingerprint density at radius 2 is 2.00 bits per heavy atom. The second-order valence-electron chi connectivity index (χ2n) is 7.53. The smallest absolute Gasteiger partial charge is 0.325 e. The van der Waals surface area contributed by atoms with E-state index in [0.29, 0.717) is 12.3 Å². The van der Waals surface area contributed by atoms with Gasteiger partial charge in [-0.25, -0.2) is 4.79 Å². The summed E-state index contributed by atoms with van der Waals surface area (Å²) in [5, 5.41) is 2.90. The molecule has 3 atom stereocenters. The highest BCUT2D eigenvalue weighted by Gasteiger charge is 2.55. The van der Waals surface area contributed by atoms with Crippen molar-refractivity contribution in [3.05, 3.63) is 0 Å². The van der Waals surface area contributed by atoms with Crippen molar-refractivity contribution in [2.45, 2.75) is 57.9 Å². The molecule has 0 bridgehead atoms. The summed E-state index contributed by atoms with van der Waals surface area (Å²) >= 11 is 0. The number of carbonyl (C=O) groups is 3. The lowest BCUT2D eigenvalue weighted by molar-refractivity contribution is -0.141. The lowest BCUT2D eigenvalue weighted by Gasteiger charge is -2.37. The van der Waals surface area contributed by atoms with Crippen LogP contribution in [0.4, 0.5) is 4.79 Å². The predicted octanol–water partition coefficient (Wildman–Crippen LogP) is 1.75. The Morgan fingerprint density at radius 3 is 2.70 bits per heavy atom. The van der Waals surface area contributed by atoms with Crippen LogP contribution >= 0.6 is 0 Å². The van der Waals surface area contributed by atoms with E-state index in [1.165, 1.54) is 0 Å². The first-order valence-electron chi connectivity index (χ1n) is 8.86. The number of carbonyl (C=O) groups excluding carboxylic acids is 3. The van der Waals surface area contributed by atoms with Crippen molar-refractivity contribution in [1.29, 1.82) is 0 Å². The number of hydrogen-bond donors (Lipinski definition) is 1. The molecular formula is C17H27N3O3. The SMILES string of the molecule is C[C@H]1CCCN(C(=O)CN2C(=O)N[C@]3(CCCC[C@@H]3C)C2=O)C1. The third kappa shape index (κ3) is 2.83. The summed E-state index contributed by atoms with van der Waals surface area (Å²) in [6, 6.07) is -0.401. The minimum absolute atomic E-state index is 0.111. The maximum atomic E-state index is 12.9. The number of imide groups is 1. The number of nitrogens with one attached hydrogen (secondary N) is 1. The number of urea groups is 1. The van der Waals surface area contributed by atoms with E-state index in [-0.39, 0.29) is 24.3 Å². The molecule has 0 aromatic heterocycles. The molecular weight excluding hydrogens is 294 g/mol. The van der Waals surface area contributed by atoms with Gasteiger partial charge in [0.25, 0.3) is 5.91 Å². The summed E-state index contributed by atoms with van der Waals surface area (Å²) in [7, 11) is 0. The summed E-state index contributed by atoms with van der Waals surface area (Å²) in [6.07, 6.45) is 5.79. The van der Waals surface area contributed by atoms with Crippen LogP contribution in [0.3, 0.4) is 0 Å². The molecule has 1 N–H and O–H groups in total. The molecule has 2 aliphatic heterocycles. The van der Waals surface area contributed by atoms with E-state index in [2.05, 4.69) is 12.2 Å². The molecule has 0 aromatic carbocycles. The maximum Gasteiger partial charge on any atom is 0.325 e. The second kappa shape index (κ2) is 6.13. The first-order chi connectivity index (χ1) is 10.9. The van der Waals surface area contributed by atoms with Gasteiger partial charge in [-0.05, 0) is 37.5 Å². The molecule has 1 spiro atoms. The fourth-order valence-corrected chi connectivity index (χ4v) is 4.29. The van der Waals surface area contributed by atoms with Crippen LogP contribution in [0.2, 0.25) is 0 Å². The Morgan fingerprint density at radius 1 is 1.22 bits per heavy atom. The number of hydrogen-bond acceptors (Lipinski definition) is 3. The molecule has 128 valence electrons. The van der Waals surface area contributed by atoms with Crippen molar-refractivity contribution in [2.75, 3.05) is 19.6 Å². The summed E-state index contributed by atoms with van der Waals surface area (Å²) in [5.74, 6) is 0.303. The van der Waals surface area contributed by atoms with Gasteiger partial charge < -0.3 is 10.2 Å². The predicted molar refractivity (Wildman–Crippen MR) is 85.6 cm³/mol. The zero-order valence-electron chi connectivity index (χ0n) is 14.1. The fraction of sp³-hybridized carbons (Fsp3) is 0.824. The summed E-state index contributed by atoms with van der Waals surface area (Å²) in [5.41, 5.74) is -0.773. The highest BCUT2D eigenvalue weighted by atomic mass is 16.2. The molecule has 2 heterocycles. The van der Waals surface area contributed by atoms with E-state index in [0.717, 1.165) is 50.1 Å². The van der Waals surface area contributed by atoms with Crippen LogP contribution in [0.5, 0.6) is 0 Å². The zero-order valence-corrected chi connectivity index (χ0v) is 14.1. The minimum atomic E-state index is -0.773. The Labute approximate surface area is 137 Å². The normalized spacial score (nSPS) is 34.9. The number of piperidine rings is 1. The molecule has 6 nitrogen and oxygen atoms in total. The van der Waals surface area contributed by atoms with Crippen LogP contribution in [0.15, 0.2) is 0 Å². The lowest BCUT2D eigenvalue weighted by atomic mass is 9.73. The quantitative estimate of drug-likeness (QED) is 0.788. The standard InChI is InChI=1S/C17H27N3O3/c1-12-6-5-9-19(10-12)14(21)11-20-15(22)17(18-16(20)23)8-4-3-7-13(17)2/h12-13H,3-11H2,1-2H3,(H,18,23)/t12-,13-,17-/m0/s1. The van der Waals surface area contributed by atoms with Gasteiger partial charge in [0.15, 0.2) is 0 Å². The molecule has 3 rings (SSSR count). The van der Waals surface area contributed by atoms with Gasteiger partial charge in [-0.15, -0.1) is 0 Å². The summed E-state index contributed by atoms with van der Waals surface area (Å²) in [4.78, 5) is 40.6. The molecule has 0 unspecified atom stereocenters. The Balaban J connectivity index is 1.69. The largest absolute Gasteiger partial charge is 0.341 e. The van der Waals surface area contributed by atoms with Gasteiger partial charge in [-0.3, -0.25) is 14.5 Å². The van der Waals surface area contributed by atoms with Crippen LogP contribution in [0.25, 0.3) is 0 Å². The van der Waals surface area contributed by atoms with Crippen molar-refractivity contribution in [2.24, 2.45) is 11.8 Å². The van der Waals surface area contributed by atoms with E-state index < -0.39 is 11.6 Å². The van der Waals surface area contributed by atoms with E-state index in [9.17, 15) is 14.4 Å². The Hall–Kier alpha value is -1.59. The van der Waals surface area contributed by atoms with Gasteiger partial charge >= 0.3 is 6.03 Å². The van der Waals surface area contributed by atoms with Crippen LogP contribution in [0, 0.1) is 11.8 Å². The second-order valence-corrected chi connectivity index (χ2v) is 7.53. The lowest BCUT2D eigenvalue weighted by Crippen LogP contribution is -2.54. The number of amides is 4. The van der Waals surface area contributed by atoms with E-state index in [4.69, 9.17) is 0 Å². The number of likely N-dealkylation sites (tertiary alicyclic amines) is 1. The van der Waals surface area contributed by atoms with Crippen molar-refractivity contribution in [3.63, 3.8) is 0 Å². The number of nitrogens with zero attached hydrogens (tertiary/aromatic N) is 2. The monoisotopic (exact) mass is 321 g/mol. The van der Waals surface area contributed by atoms with Crippen LogP contribution in [-0.4, -0.2) is 52.8 Å². The van der Waals surface area contributed by atoms with Crippen LogP contribution in [-0.2, 0) is 9.59 Å². The van der Waals surface area contributed by atoms with Crippen molar-refractivity contribution < 1.29 is 14.4 Å². The van der Waals surface area contributed by atoms with Gasteiger partial charge in [0.05, 0.1) is 0 Å². The molecule has 3 aliphatic rings. The van der Waals surface area contributed by atoms with Gasteiger partial charge in [-0.1, -0.05) is 26.7 Å². The van der Waals surface area contributed by atoms with Gasteiger partial charge in [-0.2, -0.15) is 0 Å². The average Bonchev–Trinajstić information content (AvgIpc) is 2.75. The maximum absolute atomic E-state index is 12.9. The molecule has 0 aromatic rings. The highest BCUT2D eigenvalue weighted by molar-refractivity contribution is 6.09. The highest BCUT2D eigenvalue weighted by Crippen LogP contribution is 2.38. The summed E-state index contributed by atoms with van der Waals surface area (Å²) < 4.78 is 0. The third-order valence-corrected chi connectivity index (χ3v) is 5.80. The zero-order chi connectivity index (χ0) is 16.6. The average molecular weight is 321 g/mol. The molecule has 6 heteroatoms. The Bertz CT molecular complexity index is 521. The Kier molecular flexibility index (Phi) is 4.34. The fourth-order valence-electron chi connectivity index (χ4n) is 4.29. The van der Waals surface area contributed by atoms with E-state index in [1.54, 1.807) is 4.90 Å². The van der Waals surface area contributed by atoms with Gasteiger partial charge in [0.1, 0.15) is 12.1 Å².